The highest BCUT2D eigenvalue weighted by Crippen LogP contribution is 2.20. The predicted octanol–water partition coefficient (Wildman–Crippen LogP) is -0.585. The molecule has 2 N–H and O–H groups in total. The number of amides is 1. The SMILES string of the molecule is CS(=O)(=O)N1CCC(C(=O)Nc2ncn[nH]2)CC1. The van der Waals surface area contributed by atoms with E-state index in [9.17, 15) is 13.2 Å². The van der Waals surface area contributed by atoms with Gasteiger partial charge in [-0.3, -0.25) is 10.1 Å². The number of hydrogen-bond donors (Lipinski definition) is 2. The van der Waals surface area contributed by atoms with E-state index in [1.807, 2.05) is 0 Å². The molecule has 8 nitrogen and oxygen atoms in total. The van der Waals surface area contributed by atoms with E-state index in [1.54, 1.807) is 0 Å². The number of aromatic nitrogens is 3. The Bertz CT molecular complexity index is 504. The highest BCUT2D eigenvalue weighted by molar-refractivity contribution is 7.88. The first-order chi connectivity index (χ1) is 8.47. The lowest BCUT2D eigenvalue weighted by molar-refractivity contribution is -0.121. The standard InChI is InChI=1S/C9H15N5O3S/c1-18(16,17)14-4-2-7(3-5-14)8(15)12-9-10-6-11-13-9/h6-7H,2-5H2,1H3,(H2,10,11,12,13,15). The number of hydrogen-bond acceptors (Lipinski definition) is 5. The van der Waals surface area contributed by atoms with E-state index in [1.165, 1.54) is 16.9 Å². The zero-order valence-corrected chi connectivity index (χ0v) is 10.8. The first-order valence-corrected chi connectivity index (χ1v) is 7.43. The van der Waals surface area contributed by atoms with E-state index < -0.39 is 10.0 Å². The fraction of sp³-hybridized carbons (Fsp3) is 0.667. The topological polar surface area (TPSA) is 108 Å². The van der Waals surface area contributed by atoms with Gasteiger partial charge in [-0.05, 0) is 12.8 Å². The van der Waals surface area contributed by atoms with Gasteiger partial charge in [0, 0.05) is 19.0 Å². The van der Waals surface area contributed by atoms with Gasteiger partial charge in [-0.25, -0.2) is 17.8 Å². The van der Waals surface area contributed by atoms with Gasteiger partial charge in [0.05, 0.1) is 6.26 Å². The van der Waals surface area contributed by atoms with Crippen LogP contribution in [-0.2, 0) is 14.8 Å². The summed E-state index contributed by atoms with van der Waals surface area (Å²) in [6.45, 7) is 0.765. The monoisotopic (exact) mass is 273 g/mol. The number of nitrogens with one attached hydrogen (secondary N) is 2. The molecule has 100 valence electrons. The van der Waals surface area contributed by atoms with Crippen LogP contribution in [0.2, 0.25) is 0 Å². The van der Waals surface area contributed by atoms with E-state index in [2.05, 4.69) is 20.5 Å². The van der Waals surface area contributed by atoms with Crippen LogP contribution in [0, 0.1) is 5.92 Å². The Hall–Kier alpha value is -1.48. The van der Waals surface area contributed by atoms with Crippen molar-refractivity contribution in [2.45, 2.75) is 12.8 Å². The van der Waals surface area contributed by atoms with Crippen LogP contribution in [0.1, 0.15) is 12.8 Å². The van der Waals surface area contributed by atoms with Gasteiger partial charge in [0.2, 0.25) is 21.9 Å². The number of H-pyrrole nitrogens is 1. The molecule has 1 saturated heterocycles. The van der Waals surface area contributed by atoms with Crippen LogP contribution in [-0.4, -0.2) is 53.2 Å². The Balaban J connectivity index is 1.88. The average molecular weight is 273 g/mol. The zero-order valence-electron chi connectivity index (χ0n) is 9.96. The zero-order chi connectivity index (χ0) is 13.2. The van der Waals surface area contributed by atoms with E-state index in [0.29, 0.717) is 31.9 Å². The van der Waals surface area contributed by atoms with Crippen LogP contribution in [0.4, 0.5) is 5.95 Å². The van der Waals surface area contributed by atoms with Crippen molar-refractivity contribution in [1.29, 1.82) is 0 Å². The minimum Gasteiger partial charge on any atom is -0.295 e. The summed E-state index contributed by atoms with van der Waals surface area (Å²) in [7, 11) is -3.15. The average Bonchev–Trinajstić information content (AvgIpc) is 2.81. The Kier molecular flexibility index (Phi) is 3.62. The number of anilines is 1. The molecule has 1 aromatic rings. The number of rotatable bonds is 3. The maximum absolute atomic E-state index is 11.9. The number of carbonyl (C=O) groups is 1. The molecule has 2 heterocycles. The third kappa shape index (κ3) is 3.05. The second kappa shape index (κ2) is 5.02. The molecular formula is C9H15N5O3S. The Morgan fingerprint density at radius 3 is 2.67 bits per heavy atom. The minimum atomic E-state index is -3.15. The normalized spacial score (nSPS) is 18.7. The highest BCUT2D eigenvalue weighted by Gasteiger charge is 2.29. The van der Waals surface area contributed by atoms with Crippen molar-refractivity contribution in [2.75, 3.05) is 24.7 Å². The summed E-state index contributed by atoms with van der Waals surface area (Å²) in [5.41, 5.74) is 0. The van der Waals surface area contributed by atoms with Gasteiger partial charge in [-0.1, -0.05) is 0 Å². The number of piperidine rings is 1. The van der Waals surface area contributed by atoms with Crippen LogP contribution in [0.5, 0.6) is 0 Å². The van der Waals surface area contributed by atoms with Gasteiger partial charge in [0.15, 0.2) is 0 Å². The number of nitrogens with zero attached hydrogens (tertiary/aromatic N) is 3. The third-order valence-electron chi connectivity index (χ3n) is 2.95. The van der Waals surface area contributed by atoms with E-state index in [-0.39, 0.29) is 11.8 Å². The number of sulfonamides is 1. The third-order valence-corrected chi connectivity index (χ3v) is 4.25. The molecule has 0 aromatic carbocycles. The first-order valence-electron chi connectivity index (χ1n) is 5.58. The lowest BCUT2D eigenvalue weighted by Crippen LogP contribution is -2.41. The maximum atomic E-state index is 11.9. The fourth-order valence-electron chi connectivity index (χ4n) is 1.93. The highest BCUT2D eigenvalue weighted by atomic mass is 32.2. The molecule has 0 spiro atoms. The van der Waals surface area contributed by atoms with Crippen LogP contribution in [0.3, 0.4) is 0 Å². The van der Waals surface area contributed by atoms with Gasteiger partial charge < -0.3 is 0 Å². The smallest absolute Gasteiger partial charge is 0.229 e. The molecule has 0 aliphatic carbocycles. The predicted molar refractivity (Wildman–Crippen MR) is 64.2 cm³/mol. The second-order valence-electron chi connectivity index (χ2n) is 4.26. The lowest BCUT2D eigenvalue weighted by atomic mass is 9.97. The van der Waals surface area contributed by atoms with Crippen LogP contribution in [0.25, 0.3) is 0 Å². The van der Waals surface area contributed by atoms with E-state index in [0.717, 1.165) is 0 Å². The number of carbonyl (C=O) groups excluding carboxylic acids is 1. The van der Waals surface area contributed by atoms with Gasteiger partial charge in [-0.2, -0.15) is 10.1 Å². The van der Waals surface area contributed by atoms with Crippen molar-refractivity contribution in [1.82, 2.24) is 19.5 Å². The Morgan fingerprint density at radius 1 is 1.50 bits per heavy atom. The quantitative estimate of drug-likeness (QED) is 0.765. The van der Waals surface area contributed by atoms with Gasteiger partial charge in [0.25, 0.3) is 0 Å². The summed E-state index contributed by atoms with van der Waals surface area (Å²) in [6.07, 6.45) is 3.53. The summed E-state index contributed by atoms with van der Waals surface area (Å²) in [4.78, 5) is 15.7. The van der Waals surface area contributed by atoms with Gasteiger partial charge in [0.1, 0.15) is 6.33 Å². The molecule has 1 fully saturated rings. The van der Waals surface area contributed by atoms with Gasteiger partial charge in [-0.15, -0.1) is 0 Å². The molecule has 0 atom stereocenters. The van der Waals surface area contributed by atoms with Crippen molar-refractivity contribution < 1.29 is 13.2 Å². The molecule has 0 saturated carbocycles. The van der Waals surface area contributed by atoms with Crippen molar-refractivity contribution >= 4 is 21.9 Å². The molecule has 1 amide bonds. The molecule has 2 rings (SSSR count). The maximum Gasteiger partial charge on any atom is 0.229 e. The Labute approximate surface area is 105 Å². The molecule has 1 aliphatic rings. The molecule has 0 unspecified atom stereocenters. The van der Waals surface area contributed by atoms with Crippen LogP contribution >= 0.6 is 0 Å². The summed E-state index contributed by atoms with van der Waals surface area (Å²) >= 11 is 0. The molecule has 0 bridgehead atoms. The Morgan fingerprint density at radius 2 is 2.17 bits per heavy atom. The first kappa shape index (κ1) is 13.0. The lowest BCUT2D eigenvalue weighted by Gasteiger charge is -2.29. The molecule has 1 aliphatic heterocycles. The minimum absolute atomic E-state index is 0.153. The largest absolute Gasteiger partial charge is 0.295 e. The summed E-state index contributed by atoms with van der Waals surface area (Å²) in [5.74, 6) is -0.0291. The van der Waals surface area contributed by atoms with Crippen LogP contribution in [0.15, 0.2) is 6.33 Å². The second-order valence-corrected chi connectivity index (χ2v) is 6.24. The van der Waals surface area contributed by atoms with E-state index >= 15 is 0 Å². The summed E-state index contributed by atoms with van der Waals surface area (Å²) in [5, 5.41) is 8.78. The van der Waals surface area contributed by atoms with Crippen molar-refractivity contribution in [2.24, 2.45) is 5.92 Å². The van der Waals surface area contributed by atoms with Crippen molar-refractivity contribution in [3.05, 3.63) is 6.33 Å². The fourth-order valence-corrected chi connectivity index (χ4v) is 2.81. The number of aromatic amines is 1. The molecule has 1 aromatic heterocycles. The summed E-state index contributed by atoms with van der Waals surface area (Å²) < 4.78 is 24.0. The molecular weight excluding hydrogens is 258 g/mol. The van der Waals surface area contributed by atoms with Crippen molar-refractivity contribution in [3.8, 4) is 0 Å². The molecule has 9 heteroatoms. The van der Waals surface area contributed by atoms with Crippen LogP contribution < -0.4 is 5.32 Å². The van der Waals surface area contributed by atoms with Crippen molar-refractivity contribution in [3.63, 3.8) is 0 Å². The molecule has 18 heavy (non-hydrogen) atoms. The summed E-state index contributed by atoms with van der Waals surface area (Å²) in [6, 6.07) is 0. The molecule has 0 radical (unpaired) electrons. The van der Waals surface area contributed by atoms with Gasteiger partial charge >= 0.3 is 0 Å². The van der Waals surface area contributed by atoms with E-state index in [4.69, 9.17) is 0 Å².